The van der Waals surface area contributed by atoms with E-state index in [1.54, 1.807) is 12.1 Å². The summed E-state index contributed by atoms with van der Waals surface area (Å²) in [6, 6.07) is 5.23. The lowest BCUT2D eigenvalue weighted by Crippen LogP contribution is -2.15. The van der Waals surface area contributed by atoms with Crippen molar-refractivity contribution < 1.29 is 4.39 Å². The van der Waals surface area contributed by atoms with Gasteiger partial charge in [0.1, 0.15) is 5.82 Å². The van der Waals surface area contributed by atoms with E-state index in [1.807, 2.05) is 6.07 Å². The summed E-state index contributed by atoms with van der Waals surface area (Å²) in [5.74, 6) is 0.424. The van der Waals surface area contributed by atoms with E-state index >= 15 is 0 Å². The lowest BCUT2D eigenvalue weighted by molar-refractivity contribution is 0.318. The van der Waals surface area contributed by atoms with Crippen LogP contribution in [0.2, 0.25) is 0 Å². The van der Waals surface area contributed by atoms with Gasteiger partial charge >= 0.3 is 0 Å². The lowest BCUT2D eigenvalue weighted by atomic mass is 9.77. The van der Waals surface area contributed by atoms with E-state index in [2.05, 4.69) is 20.8 Å². The normalized spacial score (nSPS) is 21.0. The number of hydrogen-bond acceptors (Lipinski definition) is 0. The molecule has 0 bridgehead atoms. The molecule has 1 aromatic rings. The van der Waals surface area contributed by atoms with Crippen LogP contribution < -0.4 is 0 Å². The summed E-state index contributed by atoms with van der Waals surface area (Å²) in [6.07, 6.45) is 2.28. The largest absolute Gasteiger partial charge is 0.207 e. The molecule has 0 heterocycles. The van der Waals surface area contributed by atoms with Crippen LogP contribution in [0.3, 0.4) is 0 Å². The van der Waals surface area contributed by atoms with Crippen LogP contribution in [0, 0.1) is 11.2 Å². The second kappa shape index (κ2) is 3.08. The van der Waals surface area contributed by atoms with Crippen LogP contribution in [-0.4, -0.2) is 0 Å². The molecule has 1 aliphatic carbocycles. The first-order valence-corrected chi connectivity index (χ1v) is 5.27. The minimum atomic E-state index is -0.0973. The van der Waals surface area contributed by atoms with Gasteiger partial charge in [0.15, 0.2) is 0 Å². The molecule has 1 atom stereocenters. The summed E-state index contributed by atoms with van der Waals surface area (Å²) in [6.45, 7) is 6.70. The molecule has 1 unspecified atom stereocenters. The molecule has 0 nitrogen and oxygen atoms in total. The van der Waals surface area contributed by atoms with Crippen molar-refractivity contribution in [3.63, 3.8) is 0 Å². The molecular weight excluding hydrogens is 175 g/mol. The Balaban J connectivity index is 2.43. The van der Waals surface area contributed by atoms with Crippen LogP contribution in [0.15, 0.2) is 18.2 Å². The monoisotopic (exact) mass is 192 g/mol. The average molecular weight is 192 g/mol. The molecule has 0 N–H and O–H groups in total. The smallest absolute Gasteiger partial charge is 0.123 e. The molecule has 1 aliphatic rings. The van der Waals surface area contributed by atoms with Gasteiger partial charge in [-0.15, -0.1) is 0 Å². The van der Waals surface area contributed by atoms with Gasteiger partial charge in [-0.3, -0.25) is 0 Å². The summed E-state index contributed by atoms with van der Waals surface area (Å²) in [4.78, 5) is 0. The van der Waals surface area contributed by atoms with Crippen molar-refractivity contribution in [1.82, 2.24) is 0 Å². The predicted octanol–water partition coefficient (Wildman–Crippen LogP) is 3.90. The fourth-order valence-corrected chi connectivity index (χ4v) is 2.47. The molecule has 0 saturated heterocycles. The Bertz CT molecular complexity index is 347. The highest BCUT2D eigenvalue weighted by Gasteiger charge is 2.32. The Morgan fingerprint density at radius 2 is 2.00 bits per heavy atom. The van der Waals surface area contributed by atoms with Crippen LogP contribution in [0.4, 0.5) is 4.39 Å². The summed E-state index contributed by atoms with van der Waals surface area (Å²) in [5, 5.41) is 0. The third-order valence-corrected chi connectivity index (χ3v) is 3.23. The Labute approximate surface area is 85.1 Å². The minimum Gasteiger partial charge on any atom is -0.207 e. The molecule has 1 heteroatoms. The van der Waals surface area contributed by atoms with Gasteiger partial charge in [-0.1, -0.05) is 26.8 Å². The molecule has 2 rings (SSSR count). The second-order valence-corrected chi connectivity index (χ2v) is 5.30. The zero-order valence-corrected chi connectivity index (χ0v) is 9.10. The van der Waals surface area contributed by atoms with E-state index in [0.717, 1.165) is 6.42 Å². The third-order valence-electron chi connectivity index (χ3n) is 3.23. The topological polar surface area (TPSA) is 0 Å². The molecule has 1 aromatic carbocycles. The Morgan fingerprint density at radius 3 is 2.64 bits per heavy atom. The molecule has 0 amide bonds. The van der Waals surface area contributed by atoms with Crippen molar-refractivity contribution >= 4 is 0 Å². The van der Waals surface area contributed by atoms with Crippen molar-refractivity contribution in [2.24, 2.45) is 5.41 Å². The maximum atomic E-state index is 13.1. The van der Waals surface area contributed by atoms with Gasteiger partial charge in [0.25, 0.3) is 0 Å². The molecule has 0 spiro atoms. The molecule has 0 fully saturated rings. The summed E-state index contributed by atoms with van der Waals surface area (Å²) < 4.78 is 13.1. The highest BCUT2D eigenvalue weighted by atomic mass is 19.1. The Hall–Kier alpha value is -0.850. The van der Waals surface area contributed by atoms with Crippen molar-refractivity contribution in [1.29, 1.82) is 0 Å². The zero-order valence-electron chi connectivity index (χ0n) is 9.10. The number of halogens is 1. The molecule has 0 aliphatic heterocycles. The van der Waals surface area contributed by atoms with E-state index in [4.69, 9.17) is 0 Å². The average Bonchev–Trinajstić information content (AvgIpc) is 2.45. The number of hydrogen-bond donors (Lipinski definition) is 0. The van der Waals surface area contributed by atoms with Crippen LogP contribution in [0.1, 0.15) is 44.2 Å². The summed E-state index contributed by atoms with van der Waals surface area (Å²) in [7, 11) is 0. The molecule has 14 heavy (non-hydrogen) atoms. The first-order valence-electron chi connectivity index (χ1n) is 5.27. The van der Waals surface area contributed by atoms with Crippen molar-refractivity contribution in [2.75, 3.05) is 0 Å². The van der Waals surface area contributed by atoms with E-state index in [1.165, 1.54) is 17.5 Å². The van der Waals surface area contributed by atoms with Crippen LogP contribution >= 0.6 is 0 Å². The van der Waals surface area contributed by atoms with Crippen LogP contribution in [0.25, 0.3) is 0 Å². The van der Waals surface area contributed by atoms with E-state index in [9.17, 15) is 4.39 Å². The van der Waals surface area contributed by atoms with Crippen molar-refractivity contribution in [2.45, 2.75) is 39.5 Å². The third kappa shape index (κ3) is 1.56. The first kappa shape index (κ1) is 9.70. The number of aryl methyl sites for hydroxylation is 1. The van der Waals surface area contributed by atoms with Gasteiger partial charge in [-0.05, 0) is 47.4 Å². The fraction of sp³-hybridized carbons (Fsp3) is 0.538. The Morgan fingerprint density at radius 1 is 1.29 bits per heavy atom. The van der Waals surface area contributed by atoms with Crippen molar-refractivity contribution in [3.05, 3.63) is 35.1 Å². The van der Waals surface area contributed by atoms with Gasteiger partial charge in [0.05, 0.1) is 0 Å². The van der Waals surface area contributed by atoms with E-state index < -0.39 is 0 Å². The highest BCUT2D eigenvalue weighted by Crippen LogP contribution is 2.44. The highest BCUT2D eigenvalue weighted by molar-refractivity contribution is 5.36. The molecular formula is C13H17F. The van der Waals surface area contributed by atoms with E-state index in [-0.39, 0.29) is 11.2 Å². The Kier molecular flexibility index (Phi) is 2.13. The summed E-state index contributed by atoms with van der Waals surface area (Å²) >= 11 is 0. The first-order chi connectivity index (χ1) is 6.48. The van der Waals surface area contributed by atoms with Crippen LogP contribution in [0.5, 0.6) is 0 Å². The van der Waals surface area contributed by atoms with Crippen molar-refractivity contribution in [3.8, 4) is 0 Å². The molecule has 0 radical (unpaired) electrons. The number of benzene rings is 1. The van der Waals surface area contributed by atoms with Gasteiger partial charge < -0.3 is 0 Å². The maximum absolute atomic E-state index is 13.1. The van der Waals surface area contributed by atoms with Crippen LogP contribution in [-0.2, 0) is 6.42 Å². The predicted molar refractivity (Wildman–Crippen MR) is 56.9 cm³/mol. The minimum absolute atomic E-state index is 0.0973. The quantitative estimate of drug-likeness (QED) is 0.584. The van der Waals surface area contributed by atoms with Gasteiger partial charge in [-0.2, -0.15) is 0 Å². The second-order valence-electron chi connectivity index (χ2n) is 5.30. The number of fused-ring (bicyclic) bond motifs is 1. The van der Waals surface area contributed by atoms with Gasteiger partial charge in [0.2, 0.25) is 0 Å². The standard InChI is InChI=1S/C13H17F/c1-13(2,3)12-7-5-9-4-6-10(14)8-11(9)12/h4,6,8,12H,5,7H2,1-3H3. The fourth-order valence-electron chi connectivity index (χ4n) is 2.47. The SMILES string of the molecule is CC(C)(C)C1CCc2ccc(F)cc21. The molecule has 76 valence electrons. The molecule has 0 aromatic heterocycles. The summed E-state index contributed by atoms with van der Waals surface area (Å²) in [5.41, 5.74) is 2.82. The van der Waals surface area contributed by atoms with E-state index in [0.29, 0.717) is 5.92 Å². The zero-order chi connectivity index (χ0) is 10.3. The molecule has 0 saturated carbocycles. The number of rotatable bonds is 0. The van der Waals surface area contributed by atoms with Gasteiger partial charge in [-0.25, -0.2) is 4.39 Å². The van der Waals surface area contributed by atoms with Gasteiger partial charge in [0, 0.05) is 0 Å². The lowest BCUT2D eigenvalue weighted by Gasteiger charge is -2.27. The maximum Gasteiger partial charge on any atom is 0.123 e.